The molecule has 1 amide bonds. The molecule has 6 heteroatoms. The van der Waals surface area contributed by atoms with Crippen LogP contribution in [0, 0.1) is 13.8 Å². The summed E-state index contributed by atoms with van der Waals surface area (Å²) in [6, 6.07) is 9.26. The van der Waals surface area contributed by atoms with Crippen molar-refractivity contribution in [2.24, 2.45) is 5.10 Å². The predicted octanol–water partition coefficient (Wildman–Crippen LogP) is 3.19. The number of amides is 1. The Bertz CT molecular complexity index is 665. The fraction of sp³-hybridized carbons (Fsp3) is 0.200. The van der Waals surface area contributed by atoms with E-state index in [2.05, 4.69) is 26.5 Å². The van der Waals surface area contributed by atoms with Gasteiger partial charge < -0.3 is 9.15 Å². The van der Waals surface area contributed by atoms with E-state index in [4.69, 9.17) is 9.15 Å². The molecule has 0 fully saturated rings. The maximum Gasteiger partial charge on any atom is 0.277 e. The van der Waals surface area contributed by atoms with Crippen LogP contribution in [0.3, 0.4) is 0 Å². The van der Waals surface area contributed by atoms with Crippen LogP contribution in [0.5, 0.6) is 5.75 Å². The highest BCUT2D eigenvalue weighted by Gasteiger charge is 2.04. The minimum Gasteiger partial charge on any atom is -0.483 e. The van der Waals surface area contributed by atoms with Crippen molar-refractivity contribution >= 4 is 28.1 Å². The molecule has 0 aliphatic heterocycles. The number of nitrogens with one attached hydrogen (secondary N) is 1. The zero-order valence-corrected chi connectivity index (χ0v) is 13.3. The second-order valence-electron chi connectivity index (χ2n) is 4.49. The number of aryl methyl sites for hydroxylation is 2. The van der Waals surface area contributed by atoms with Crippen molar-refractivity contribution in [3.8, 4) is 5.75 Å². The molecule has 0 unspecified atom stereocenters. The molecule has 0 aliphatic carbocycles. The highest BCUT2D eigenvalue weighted by Crippen LogP contribution is 2.18. The van der Waals surface area contributed by atoms with Crippen LogP contribution in [0.2, 0.25) is 0 Å². The maximum atomic E-state index is 11.6. The number of halogens is 1. The number of ether oxygens (including phenoxy) is 1. The molecule has 0 spiro atoms. The largest absolute Gasteiger partial charge is 0.483 e. The van der Waals surface area contributed by atoms with Gasteiger partial charge in [0.2, 0.25) is 0 Å². The molecule has 110 valence electrons. The molecule has 0 saturated carbocycles. The van der Waals surface area contributed by atoms with Gasteiger partial charge in [-0.15, -0.1) is 0 Å². The molecule has 0 atom stereocenters. The molecule has 21 heavy (non-hydrogen) atoms. The summed E-state index contributed by atoms with van der Waals surface area (Å²) in [7, 11) is 0. The van der Waals surface area contributed by atoms with Crippen LogP contribution in [0.1, 0.15) is 16.9 Å². The van der Waals surface area contributed by atoms with Gasteiger partial charge in [0, 0.05) is 0 Å². The second kappa shape index (κ2) is 7.08. The smallest absolute Gasteiger partial charge is 0.277 e. The average molecular weight is 351 g/mol. The Hall–Kier alpha value is -2.08. The number of carbonyl (C=O) groups excluding carboxylic acids is 1. The summed E-state index contributed by atoms with van der Waals surface area (Å²) >= 11 is 3.18. The third-order valence-corrected chi connectivity index (χ3v) is 3.09. The lowest BCUT2D eigenvalue weighted by Crippen LogP contribution is -2.24. The molecule has 0 aliphatic rings. The standard InChI is InChI=1S/C15H15BrN2O3/c1-10-3-5-13(11(2)7-10)20-9-15(19)18-17-8-12-4-6-14(16)21-12/h3-8H,9H2,1-2H3,(H,18,19)/b17-8-. The Labute approximate surface area is 131 Å². The number of hydrogen-bond donors (Lipinski definition) is 1. The van der Waals surface area contributed by atoms with Crippen molar-refractivity contribution in [2.45, 2.75) is 13.8 Å². The minimum atomic E-state index is -0.336. The van der Waals surface area contributed by atoms with Crippen LogP contribution in [0.15, 0.2) is 44.5 Å². The van der Waals surface area contributed by atoms with Gasteiger partial charge >= 0.3 is 0 Å². The monoisotopic (exact) mass is 350 g/mol. The summed E-state index contributed by atoms with van der Waals surface area (Å²) in [6.45, 7) is 3.85. The summed E-state index contributed by atoms with van der Waals surface area (Å²) in [5.41, 5.74) is 4.52. The number of rotatable bonds is 5. The van der Waals surface area contributed by atoms with Crippen LogP contribution < -0.4 is 10.2 Å². The number of carbonyl (C=O) groups is 1. The van der Waals surface area contributed by atoms with E-state index in [9.17, 15) is 4.79 Å². The van der Waals surface area contributed by atoms with Gasteiger partial charge in [-0.1, -0.05) is 17.7 Å². The second-order valence-corrected chi connectivity index (χ2v) is 5.27. The zero-order chi connectivity index (χ0) is 15.2. The number of hydrogen-bond acceptors (Lipinski definition) is 4. The molecule has 1 aromatic carbocycles. The predicted molar refractivity (Wildman–Crippen MR) is 83.6 cm³/mol. The minimum absolute atomic E-state index is 0.0942. The first-order valence-corrected chi connectivity index (χ1v) is 7.11. The van der Waals surface area contributed by atoms with Crippen LogP contribution in [0.4, 0.5) is 0 Å². The summed E-state index contributed by atoms with van der Waals surface area (Å²) in [6.07, 6.45) is 1.42. The van der Waals surface area contributed by atoms with E-state index in [-0.39, 0.29) is 12.5 Å². The molecule has 1 aromatic heterocycles. The van der Waals surface area contributed by atoms with E-state index < -0.39 is 0 Å². The third-order valence-electron chi connectivity index (χ3n) is 2.66. The fourth-order valence-corrected chi connectivity index (χ4v) is 2.02. The quantitative estimate of drug-likeness (QED) is 0.665. The van der Waals surface area contributed by atoms with E-state index in [0.29, 0.717) is 16.2 Å². The molecule has 1 N–H and O–H groups in total. The van der Waals surface area contributed by atoms with E-state index in [1.165, 1.54) is 6.21 Å². The number of benzene rings is 1. The van der Waals surface area contributed by atoms with Crippen molar-refractivity contribution < 1.29 is 13.9 Å². The number of hydrazone groups is 1. The van der Waals surface area contributed by atoms with Gasteiger partial charge in [-0.2, -0.15) is 5.10 Å². The van der Waals surface area contributed by atoms with E-state index in [1.54, 1.807) is 12.1 Å². The third kappa shape index (κ3) is 4.75. The molecule has 0 saturated heterocycles. The molecule has 2 rings (SSSR count). The molecule has 0 radical (unpaired) electrons. The lowest BCUT2D eigenvalue weighted by Gasteiger charge is -2.08. The summed E-state index contributed by atoms with van der Waals surface area (Å²) in [5, 5.41) is 3.78. The Kier molecular flexibility index (Phi) is 5.16. The normalized spacial score (nSPS) is 10.8. The SMILES string of the molecule is Cc1ccc(OCC(=O)N/N=C\c2ccc(Br)o2)c(C)c1. The van der Waals surface area contributed by atoms with Gasteiger partial charge in [0.1, 0.15) is 11.5 Å². The summed E-state index contributed by atoms with van der Waals surface area (Å²) in [4.78, 5) is 11.6. The Morgan fingerprint density at radius 1 is 1.38 bits per heavy atom. The van der Waals surface area contributed by atoms with Crippen LogP contribution in [0.25, 0.3) is 0 Å². The molecular weight excluding hydrogens is 336 g/mol. The summed E-state index contributed by atoms with van der Waals surface area (Å²) in [5.74, 6) is 0.893. The molecule has 5 nitrogen and oxygen atoms in total. The van der Waals surface area contributed by atoms with Gasteiger partial charge in [0.05, 0.1) is 6.21 Å². The molecular formula is C15H15BrN2O3. The number of nitrogens with zero attached hydrogens (tertiary/aromatic N) is 1. The van der Waals surface area contributed by atoms with Gasteiger partial charge in [-0.05, 0) is 53.5 Å². The van der Waals surface area contributed by atoms with Crippen molar-refractivity contribution in [3.05, 3.63) is 51.9 Å². The van der Waals surface area contributed by atoms with Crippen molar-refractivity contribution in [1.82, 2.24) is 5.43 Å². The fourth-order valence-electron chi connectivity index (χ4n) is 1.70. The van der Waals surface area contributed by atoms with Gasteiger partial charge in [0.25, 0.3) is 5.91 Å². The van der Waals surface area contributed by atoms with Gasteiger partial charge in [-0.3, -0.25) is 4.79 Å². The van der Waals surface area contributed by atoms with E-state index in [1.807, 2.05) is 32.0 Å². The lowest BCUT2D eigenvalue weighted by atomic mass is 10.1. The first-order valence-electron chi connectivity index (χ1n) is 6.32. The van der Waals surface area contributed by atoms with E-state index in [0.717, 1.165) is 11.1 Å². The molecule has 0 bridgehead atoms. The molecule has 2 aromatic rings. The van der Waals surface area contributed by atoms with Crippen LogP contribution >= 0.6 is 15.9 Å². The highest BCUT2D eigenvalue weighted by atomic mass is 79.9. The van der Waals surface area contributed by atoms with Crippen molar-refractivity contribution in [3.63, 3.8) is 0 Å². The highest BCUT2D eigenvalue weighted by molar-refractivity contribution is 9.10. The maximum absolute atomic E-state index is 11.6. The first-order chi connectivity index (χ1) is 10.0. The Morgan fingerprint density at radius 3 is 2.86 bits per heavy atom. The van der Waals surface area contributed by atoms with Crippen molar-refractivity contribution in [1.29, 1.82) is 0 Å². The Morgan fingerprint density at radius 2 is 2.19 bits per heavy atom. The topological polar surface area (TPSA) is 63.8 Å². The van der Waals surface area contributed by atoms with Gasteiger partial charge in [-0.25, -0.2) is 5.43 Å². The molecule has 1 heterocycles. The average Bonchev–Trinajstić information content (AvgIpc) is 2.83. The van der Waals surface area contributed by atoms with E-state index >= 15 is 0 Å². The lowest BCUT2D eigenvalue weighted by molar-refractivity contribution is -0.123. The number of furan rings is 1. The van der Waals surface area contributed by atoms with Crippen LogP contribution in [-0.2, 0) is 4.79 Å². The zero-order valence-electron chi connectivity index (χ0n) is 11.7. The Balaban J connectivity index is 1.81. The summed E-state index contributed by atoms with van der Waals surface area (Å²) < 4.78 is 11.3. The van der Waals surface area contributed by atoms with Crippen molar-refractivity contribution in [2.75, 3.05) is 6.61 Å². The van der Waals surface area contributed by atoms with Crippen LogP contribution in [-0.4, -0.2) is 18.7 Å². The van der Waals surface area contributed by atoms with Gasteiger partial charge in [0.15, 0.2) is 11.3 Å². The first kappa shape index (κ1) is 15.3.